The zero-order valence-electron chi connectivity index (χ0n) is 11.9. The van der Waals surface area contributed by atoms with Gasteiger partial charge in [-0.3, -0.25) is 9.89 Å². The quantitative estimate of drug-likeness (QED) is 0.537. The van der Waals surface area contributed by atoms with Gasteiger partial charge in [-0.15, -0.1) is 0 Å². The Balaban J connectivity index is 2.11. The zero-order valence-corrected chi connectivity index (χ0v) is 11.9. The Labute approximate surface area is 118 Å². The fourth-order valence-corrected chi connectivity index (χ4v) is 1.80. The lowest BCUT2D eigenvalue weighted by molar-refractivity contribution is -0.137. The molecular formula is C13H22N4O3. The van der Waals surface area contributed by atoms with Gasteiger partial charge in [0.2, 0.25) is 0 Å². The summed E-state index contributed by atoms with van der Waals surface area (Å²) >= 11 is 0. The topological polar surface area (TPSA) is 107 Å². The van der Waals surface area contributed by atoms with Crippen molar-refractivity contribution in [1.82, 2.24) is 20.8 Å². The number of amides is 2. The molecule has 1 heterocycles. The second-order valence-corrected chi connectivity index (χ2v) is 4.86. The molecule has 2 amide bonds. The Morgan fingerprint density at radius 3 is 2.85 bits per heavy atom. The number of carboxylic acid groups (broad SMARTS) is 1. The summed E-state index contributed by atoms with van der Waals surface area (Å²) in [6.45, 7) is 4.33. The molecule has 0 aliphatic heterocycles. The first-order chi connectivity index (χ1) is 9.49. The van der Waals surface area contributed by atoms with Crippen molar-refractivity contribution in [3.8, 4) is 0 Å². The predicted octanol–water partition coefficient (Wildman–Crippen LogP) is 1.20. The van der Waals surface area contributed by atoms with Crippen LogP contribution in [0.1, 0.15) is 37.4 Å². The van der Waals surface area contributed by atoms with E-state index < -0.39 is 5.97 Å². The number of aromatic nitrogens is 2. The SMILES string of the molecule is Cc1[nH]ncc1CCCNC(=O)NC(C)CCC(=O)O. The first-order valence-corrected chi connectivity index (χ1v) is 6.74. The number of hydrogen-bond donors (Lipinski definition) is 4. The molecule has 0 bridgehead atoms. The van der Waals surface area contributed by atoms with Crippen LogP contribution < -0.4 is 10.6 Å². The van der Waals surface area contributed by atoms with Gasteiger partial charge in [-0.05, 0) is 38.7 Å². The molecule has 7 nitrogen and oxygen atoms in total. The molecule has 7 heteroatoms. The molecule has 0 spiro atoms. The summed E-state index contributed by atoms with van der Waals surface area (Å²) in [5, 5.41) is 20.8. The first kappa shape index (κ1) is 16.0. The van der Waals surface area contributed by atoms with E-state index in [-0.39, 0.29) is 18.5 Å². The number of carbonyl (C=O) groups excluding carboxylic acids is 1. The van der Waals surface area contributed by atoms with Crippen LogP contribution in [-0.2, 0) is 11.2 Å². The monoisotopic (exact) mass is 282 g/mol. The second-order valence-electron chi connectivity index (χ2n) is 4.86. The van der Waals surface area contributed by atoms with Crippen molar-refractivity contribution in [1.29, 1.82) is 0 Å². The number of urea groups is 1. The molecular weight excluding hydrogens is 260 g/mol. The third-order valence-corrected chi connectivity index (χ3v) is 3.01. The number of aryl methyl sites for hydroxylation is 2. The van der Waals surface area contributed by atoms with Crippen LogP contribution in [0.5, 0.6) is 0 Å². The van der Waals surface area contributed by atoms with Crippen LogP contribution in [0.2, 0.25) is 0 Å². The predicted molar refractivity (Wildman–Crippen MR) is 74.5 cm³/mol. The highest BCUT2D eigenvalue weighted by atomic mass is 16.4. The van der Waals surface area contributed by atoms with Gasteiger partial charge in [-0.25, -0.2) is 4.79 Å². The molecule has 112 valence electrons. The van der Waals surface area contributed by atoms with Crippen LogP contribution in [0.4, 0.5) is 4.79 Å². The zero-order chi connectivity index (χ0) is 15.0. The van der Waals surface area contributed by atoms with Crippen molar-refractivity contribution >= 4 is 12.0 Å². The lowest BCUT2D eigenvalue weighted by atomic mass is 10.1. The number of nitrogens with one attached hydrogen (secondary N) is 3. The molecule has 0 aliphatic rings. The number of rotatable bonds is 8. The molecule has 0 saturated heterocycles. The lowest BCUT2D eigenvalue weighted by Crippen LogP contribution is -2.41. The van der Waals surface area contributed by atoms with Gasteiger partial charge in [-0.1, -0.05) is 0 Å². The first-order valence-electron chi connectivity index (χ1n) is 6.74. The van der Waals surface area contributed by atoms with Crippen LogP contribution in [0.15, 0.2) is 6.20 Å². The van der Waals surface area contributed by atoms with Crippen molar-refractivity contribution in [2.24, 2.45) is 0 Å². The summed E-state index contributed by atoms with van der Waals surface area (Å²) in [7, 11) is 0. The molecule has 0 saturated carbocycles. The summed E-state index contributed by atoms with van der Waals surface area (Å²) in [4.78, 5) is 21.9. The normalized spacial score (nSPS) is 11.9. The molecule has 1 atom stereocenters. The Bertz CT molecular complexity index is 445. The van der Waals surface area contributed by atoms with Gasteiger partial charge < -0.3 is 15.7 Å². The number of aliphatic carboxylic acids is 1. The molecule has 0 aliphatic carbocycles. The number of carbonyl (C=O) groups is 2. The summed E-state index contributed by atoms with van der Waals surface area (Å²) in [5.41, 5.74) is 2.21. The molecule has 1 aromatic rings. The largest absolute Gasteiger partial charge is 0.481 e. The highest BCUT2D eigenvalue weighted by molar-refractivity contribution is 5.74. The number of hydrogen-bond acceptors (Lipinski definition) is 3. The van der Waals surface area contributed by atoms with Crippen molar-refractivity contribution in [2.45, 2.75) is 45.6 Å². The van der Waals surface area contributed by atoms with Gasteiger partial charge in [-0.2, -0.15) is 5.10 Å². The van der Waals surface area contributed by atoms with Crippen LogP contribution in [0.25, 0.3) is 0 Å². The average molecular weight is 282 g/mol. The van der Waals surface area contributed by atoms with Crippen molar-refractivity contribution in [3.05, 3.63) is 17.5 Å². The molecule has 0 aromatic carbocycles. The molecule has 0 fully saturated rings. The Kier molecular flexibility index (Phi) is 6.55. The maximum Gasteiger partial charge on any atom is 0.314 e. The smallest absolute Gasteiger partial charge is 0.314 e. The Morgan fingerprint density at radius 1 is 1.50 bits per heavy atom. The van der Waals surface area contributed by atoms with E-state index in [1.165, 1.54) is 0 Å². The second kappa shape index (κ2) is 8.19. The van der Waals surface area contributed by atoms with E-state index >= 15 is 0 Å². The fourth-order valence-electron chi connectivity index (χ4n) is 1.80. The van der Waals surface area contributed by atoms with Gasteiger partial charge in [0.15, 0.2) is 0 Å². The maximum atomic E-state index is 11.5. The minimum absolute atomic E-state index is 0.0568. The molecule has 1 aromatic heterocycles. The molecule has 20 heavy (non-hydrogen) atoms. The van der Waals surface area contributed by atoms with Crippen molar-refractivity contribution in [2.75, 3.05) is 6.54 Å². The van der Waals surface area contributed by atoms with E-state index in [4.69, 9.17) is 5.11 Å². The summed E-state index contributed by atoms with van der Waals surface area (Å²) in [5.74, 6) is -0.852. The Hall–Kier alpha value is -2.05. The standard InChI is InChI=1S/C13H22N4O3/c1-9(5-6-12(18)19)16-13(20)14-7-3-4-11-8-15-17-10(11)2/h8-9H,3-7H2,1-2H3,(H,15,17)(H,18,19)(H2,14,16,20). The molecule has 0 radical (unpaired) electrons. The van der Waals surface area contributed by atoms with E-state index in [0.29, 0.717) is 13.0 Å². The van der Waals surface area contributed by atoms with Gasteiger partial charge in [0.25, 0.3) is 0 Å². The molecule has 4 N–H and O–H groups in total. The van der Waals surface area contributed by atoms with Gasteiger partial charge >= 0.3 is 12.0 Å². The number of H-pyrrole nitrogens is 1. The summed E-state index contributed by atoms with van der Waals surface area (Å²) < 4.78 is 0. The van der Waals surface area contributed by atoms with E-state index in [9.17, 15) is 9.59 Å². The minimum atomic E-state index is -0.852. The third-order valence-electron chi connectivity index (χ3n) is 3.01. The van der Waals surface area contributed by atoms with Crippen LogP contribution >= 0.6 is 0 Å². The van der Waals surface area contributed by atoms with E-state index in [1.807, 2.05) is 6.92 Å². The third kappa shape index (κ3) is 6.21. The Morgan fingerprint density at radius 2 is 2.25 bits per heavy atom. The summed E-state index contributed by atoms with van der Waals surface area (Å²) in [6.07, 6.45) is 3.97. The summed E-state index contributed by atoms with van der Waals surface area (Å²) in [6, 6.07) is -0.408. The van der Waals surface area contributed by atoms with Crippen molar-refractivity contribution < 1.29 is 14.7 Å². The van der Waals surface area contributed by atoms with Crippen LogP contribution in [0, 0.1) is 6.92 Å². The van der Waals surface area contributed by atoms with E-state index in [2.05, 4.69) is 20.8 Å². The van der Waals surface area contributed by atoms with Crippen LogP contribution in [-0.4, -0.2) is 39.9 Å². The average Bonchev–Trinajstić information content (AvgIpc) is 2.78. The fraction of sp³-hybridized carbons (Fsp3) is 0.615. The van der Waals surface area contributed by atoms with Crippen LogP contribution in [0.3, 0.4) is 0 Å². The molecule has 1 rings (SSSR count). The van der Waals surface area contributed by atoms with Crippen molar-refractivity contribution in [3.63, 3.8) is 0 Å². The van der Waals surface area contributed by atoms with Gasteiger partial charge in [0.1, 0.15) is 0 Å². The highest BCUT2D eigenvalue weighted by Gasteiger charge is 2.08. The van der Waals surface area contributed by atoms with Gasteiger partial charge in [0.05, 0.1) is 6.20 Å². The minimum Gasteiger partial charge on any atom is -0.481 e. The van der Waals surface area contributed by atoms with Gasteiger partial charge in [0, 0.05) is 24.7 Å². The highest BCUT2D eigenvalue weighted by Crippen LogP contribution is 2.04. The number of nitrogens with zero attached hydrogens (tertiary/aromatic N) is 1. The van der Waals surface area contributed by atoms with E-state index in [1.54, 1.807) is 13.1 Å². The maximum absolute atomic E-state index is 11.5. The molecule has 1 unspecified atom stereocenters. The number of carboxylic acids is 1. The van der Waals surface area contributed by atoms with E-state index in [0.717, 1.165) is 24.1 Å². The lowest BCUT2D eigenvalue weighted by Gasteiger charge is -2.13. The number of aromatic amines is 1.